The summed E-state index contributed by atoms with van der Waals surface area (Å²) in [5.74, 6) is 1.06. The second-order valence-electron chi connectivity index (χ2n) is 4.95. The SMILES string of the molecule is C[N+](C)(C)CCC1CCCC1. The third-order valence-corrected chi connectivity index (χ3v) is 2.68. The highest BCUT2D eigenvalue weighted by Gasteiger charge is 2.17. The van der Waals surface area contributed by atoms with Gasteiger partial charge in [-0.3, -0.25) is 0 Å². The molecule has 1 aliphatic rings. The molecule has 0 heterocycles. The lowest BCUT2D eigenvalue weighted by Crippen LogP contribution is -2.36. The van der Waals surface area contributed by atoms with Gasteiger partial charge in [0, 0.05) is 0 Å². The van der Waals surface area contributed by atoms with Crippen LogP contribution in [0.25, 0.3) is 0 Å². The van der Waals surface area contributed by atoms with Gasteiger partial charge in [-0.1, -0.05) is 25.7 Å². The molecule has 1 saturated carbocycles. The number of nitrogens with zero attached hydrogens (tertiary/aromatic N) is 1. The van der Waals surface area contributed by atoms with Crippen LogP contribution in [0.3, 0.4) is 0 Å². The maximum atomic E-state index is 2.29. The minimum absolute atomic E-state index is 1.06. The van der Waals surface area contributed by atoms with Crippen LogP contribution in [0, 0.1) is 5.92 Å². The van der Waals surface area contributed by atoms with Crippen LogP contribution in [0.2, 0.25) is 0 Å². The van der Waals surface area contributed by atoms with E-state index >= 15 is 0 Å². The molecule has 0 aromatic carbocycles. The van der Waals surface area contributed by atoms with Gasteiger partial charge in [0.1, 0.15) is 0 Å². The zero-order valence-corrected chi connectivity index (χ0v) is 8.27. The molecule has 0 spiro atoms. The van der Waals surface area contributed by atoms with Crippen molar-refractivity contribution in [1.29, 1.82) is 0 Å². The van der Waals surface area contributed by atoms with Crippen LogP contribution in [0.1, 0.15) is 32.1 Å². The molecule has 66 valence electrons. The summed E-state index contributed by atoms with van der Waals surface area (Å²) in [5.41, 5.74) is 0. The number of hydrogen-bond donors (Lipinski definition) is 0. The third-order valence-electron chi connectivity index (χ3n) is 2.68. The first-order valence-corrected chi connectivity index (χ1v) is 4.88. The van der Waals surface area contributed by atoms with Crippen molar-refractivity contribution in [3.8, 4) is 0 Å². The molecule has 0 radical (unpaired) electrons. The Kier molecular flexibility index (Phi) is 2.94. The van der Waals surface area contributed by atoms with E-state index in [2.05, 4.69) is 21.1 Å². The molecular formula is C10H22N+. The van der Waals surface area contributed by atoms with Crippen LogP contribution in [0.15, 0.2) is 0 Å². The second kappa shape index (κ2) is 3.57. The summed E-state index contributed by atoms with van der Waals surface area (Å²) in [6, 6.07) is 0. The maximum Gasteiger partial charge on any atom is 0.0783 e. The molecular weight excluding hydrogens is 134 g/mol. The first kappa shape index (κ1) is 9.05. The van der Waals surface area contributed by atoms with Crippen LogP contribution >= 0.6 is 0 Å². The Morgan fingerprint density at radius 1 is 1.09 bits per heavy atom. The predicted octanol–water partition coefficient (Wildman–Crippen LogP) is 2.27. The highest BCUT2D eigenvalue weighted by molar-refractivity contribution is 4.66. The Balaban J connectivity index is 2.11. The van der Waals surface area contributed by atoms with Crippen molar-refractivity contribution in [3.63, 3.8) is 0 Å². The van der Waals surface area contributed by atoms with E-state index in [4.69, 9.17) is 0 Å². The standard InChI is InChI=1S/C10H22N/c1-11(2,3)9-8-10-6-4-5-7-10/h10H,4-9H2,1-3H3/q+1. The molecule has 1 nitrogen and oxygen atoms in total. The summed E-state index contributed by atoms with van der Waals surface area (Å²) in [5, 5.41) is 0. The van der Waals surface area contributed by atoms with Crippen molar-refractivity contribution in [1.82, 2.24) is 0 Å². The van der Waals surface area contributed by atoms with Gasteiger partial charge in [0.05, 0.1) is 27.7 Å². The normalized spacial score (nSPS) is 21.0. The summed E-state index contributed by atoms with van der Waals surface area (Å²) in [7, 11) is 6.86. The average Bonchev–Trinajstić information content (AvgIpc) is 2.32. The lowest BCUT2D eigenvalue weighted by molar-refractivity contribution is -0.870. The Bertz CT molecular complexity index is 107. The zero-order valence-electron chi connectivity index (χ0n) is 8.27. The molecule has 1 rings (SSSR count). The van der Waals surface area contributed by atoms with Crippen LogP contribution in [-0.2, 0) is 0 Å². The number of rotatable bonds is 3. The van der Waals surface area contributed by atoms with Gasteiger partial charge >= 0.3 is 0 Å². The molecule has 0 aliphatic heterocycles. The highest BCUT2D eigenvalue weighted by Crippen LogP contribution is 2.27. The minimum Gasteiger partial charge on any atom is -0.331 e. The summed E-state index contributed by atoms with van der Waals surface area (Å²) in [6.45, 7) is 1.35. The first-order valence-electron chi connectivity index (χ1n) is 4.88. The van der Waals surface area contributed by atoms with Crippen molar-refractivity contribution < 1.29 is 4.48 Å². The molecule has 0 bridgehead atoms. The summed E-state index contributed by atoms with van der Waals surface area (Å²) in [4.78, 5) is 0. The lowest BCUT2D eigenvalue weighted by Gasteiger charge is -2.25. The monoisotopic (exact) mass is 156 g/mol. The Morgan fingerprint density at radius 2 is 1.64 bits per heavy atom. The summed E-state index contributed by atoms with van der Waals surface area (Å²) < 4.78 is 1.14. The van der Waals surface area contributed by atoms with Crippen molar-refractivity contribution in [2.45, 2.75) is 32.1 Å². The van der Waals surface area contributed by atoms with Gasteiger partial charge in [0.15, 0.2) is 0 Å². The number of quaternary nitrogens is 1. The largest absolute Gasteiger partial charge is 0.331 e. The smallest absolute Gasteiger partial charge is 0.0783 e. The minimum atomic E-state index is 1.06. The Labute approximate surface area is 71.0 Å². The molecule has 0 N–H and O–H groups in total. The lowest BCUT2D eigenvalue weighted by atomic mass is 10.0. The fourth-order valence-electron chi connectivity index (χ4n) is 1.87. The van der Waals surface area contributed by atoms with E-state index in [-0.39, 0.29) is 0 Å². The fraction of sp³-hybridized carbons (Fsp3) is 1.00. The Hall–Kier alpha value is -0.0400. The van der Waals surface area contributed by atoms with Crippen molar-refractivity contribution >= 4 is 0 Å². The third kappa shape index (κ3) is 3.76. The van der Waals surface area contributed by atoms with Crippen LogP contribution in [0.5, 0.6) is 0 Å². The van der Waals surface area contributed by atoms with Crippen molar-refractivity contribution in [2.24, 2.45) is 5.92 Å². The van der Waals surface area contributed by atoms with E-state index in [0.717, 1.165) is 10.4 Å². The van der Waals surface area contributed by atoms with E-state index in [1.807, 2.05) is 0 Å². The van der Waals surface area contributed by atoms with Gasteiger partial charge in [-0.2, -0.15) is 0 Å². The van der Waals surface area contributed by atoms with Gasteiger partial charge in [-0.05, 0) is 12.3 Å². The van der Waals surface area contributed by atoms with Crippen molar-refractivity contribution in [3.05, 3.63) is 0 Å². The molecule has 0 amide bonds. The second-order valence-corrected chi connectivity index (χ2v) is 4.95. The van der Waals surface area contributed by atoms with Crippen molar-refractivity contribution in [2.75, 3.05) is 27.7 Å². The Morgan fingerprint density at radius 3 is 2.09 bits per heavy atom. The molecule has 1 fully saturated rings. The topological polar surface area (TPSA) is 0 Å². The van der Waals surface area contributed by atoms with Crippen LogP contribution in [-0.4, -0.2) is 32.2 Å². The van der Waals surface area contributed by atoms with E-state index < -0.39 is 0 Å². The molecule has 11 heavy (non-hydrogen) atoms. The molecule has 0 atom stereocenters. The van der Waals surface area contributed by atoms with Gasteiger partial charge in [0.2, 0.25) is 0 Å². The van der Waals surface area contributed by atoms with E-state index in [9.17, 15) is 0 Å². The van der Waals surface area contributed by atoms with Gasteiger partial charge in [0.25, 0.3) is 0 Å². The first-order chi connectivity index (χ1) is 5.08. The highest BCUT2D eigenvalue weighted by atomic mass is 15.3. The molecule has 0 aromatic heterocycles. The molecule has 0 aromatic rings. The quantitative estimate of drug-likeness (QED) is 0.550. The molecule has 0 saturated heterocycles. The molecule has 1 aliphatic carbocycles. The molecule has 1 heteroatoms. The van der Waals surface area contributed by atoms with E-state index in [1.54, 1.807) is 0 Å². The van der Waals surface area contributed by atoms with E-state index in [1.165, 1.54) is 38.6 Å². The predicted molar refractivity (Wildman–Crippen MR) is 49.5 cm³/mol. The summed E-state index contributed by atoms with van der Waals surface area (Å²) in [6.07, 6.45) is 7.42. The average molecular weight is 156 g/mol. The van der Waals surface area contributed by atoms with Crippen LogP contribution in [0.4, 0.5) is 0 Å². The zero-order chi connectivity index (χ0) is 8.32. The molecule has 0 unspecified atom stereocenters. The van der Waals surface area contributed by atoms with E-state index in [0.29, 0.717) is 0 Å². The fourth-order valence-corrected chi connectivity index (χ4v) is 1.87. The summed E-state index contributed by atoms with van der Waals surface area (Å²) >= 11 is 0. The van der Waals surface area contributed by atoms with Crippen LogP contribution < -0.4 is 0 Å². The number of hydrogen-bond acceptors (Lipinski definition) is 0. The maximum absolute atomic E-state index is 2.29. The van der Waals surface area contributed by atoms with Gasteiger partial charge < -0.3 is 4.48 Å². The van der Waals surface area contributed by atoms with Gasteiger partial charge in [-0.15, -0.1) is 0 Å². The van der Waals surface area contributed by atoms with Gasteiger partial charge in [-0.25, -0.2) is 0 Å².